The topological polar surface area (TPSA) is 40.0 Å². The number of benzene rings is 4. The van der Waals surface area contributed by atoms with Gasteiger partial charge in [0.25, 0.3) is 0 Å². The predicted octanol–water partition coefficient (Wildman–Crippen LogP) is 5.16. The van der Waals surface area contributed by atoms with Crippen molar-refractivity contribution in [3.05, 3.63) is 132 Å². The van der Waals surface area contributed by atoms with Crippen LogP contribution in [0.5, 0.6) is 0 Å². The fourth-order valence-corrected chi connectivity index (χ4v) is 8.68. The molecule has 0 saturated carbocycles. The lowest BCUT2D eigenvalue weighted by atomic mass is 9.84. The van der Waals surface area contributed by atoms with Gasteiger partial charge in [-0.3, -0.25) is 0 Å². The zero-order chi connectivity index (χ0) is 23.7. The second-order valence-electron chi connectivity index (χ2n) is 9.06. The molecule has 4 aromatic carbocycles. The first-order valence-electron chi connectivity index (χ1n) is 12.1. The Morgan fingerprint density at radius 2 is 1.09 bits per heavy atom. The van der Waals surface area contributed by atoms with Gasteiger partial charge in [-0.15, -0.1) is 0 Å². The van der Waals surface area contributed by atoms with Gasteiger partial charge < -0.3 is 13.7 Å². The number of oxime groups is 1. The maximum atomic E-state index is 7.23. The number of hydrogen-bond acceptors (Lipinski definition) is 4. The van der Waals surface area contributed by atoms with Crippen molar-refractivity contribution in [3.63, 3.8) is 0 Å². The Hall–Kier alpha value is -3.51. The average Bonchev–Trinajstić information content (AvgIpc) is 3.33. The lowest BCUT2D eigenvalue weighted by molar-refractivity contribution is 0.0215. The van der Waals surface area contributed by atoms with Gasteiger partial charge in [-0.2, -0.15) is 0 Å². The lowest BCUT2D eigenvalue weighted by Crippen LogP contribution is -2.64. The molecule has 174 valence electrons. The van der Waals surface area contributed by atoms with Gasteiger partial charge in [0, 0.05) is 0 Å². The van der Waals surface area contributed by atoms with E-state index in [2.05, 4.69) is 84.9 Å². The molecule has 0 spiro atoms. The van der Waals surface area contributed by atoms with E-state index in [1.807, 2.05) is 48.5 Å². The number of nitrogens with zero attached hydrogens (tertiary/aromatic N) is 1. The summed E-state index contributed by atoms with van der Waals surface area (Å²) in [6.45, 7) is 2.13. The number of hydrogen-bond donors (Lipinski definition) is 0. The Kier molecular flexibility index (Phi) is 5.82. The first kappa shape index (κ1) is 22.0. The predicted molar refractivity (Wildman–Crippen MR) is 140 cm³/mol. The molecule has 0 aromatic heterocycles. The summed E-state index contributed by atoms with van der Waals surface area (Å²) in [6.07, 6.45) is -0.790. The van der Waals surface area contributed by atoms with Crippen molar-refractivity contribution in [3.8, 4) is 0 Å². The molecule has 0 amide bonds. The molecule has 1 saturated heterocycles. The third-order valence-electron chi connectivity index (χ3n) is 6.89. The monoisotopic (exact) mass is 477 g/mol. The summed E-state index contributed by atoms with van der Waals surface area (Å²) in [5, 5.41) is 6.83. The third-order valence-corrected chi connectivity index (χ3v) is 10.3. The summed E-state index contributed by atoms with van der Waals surface area (Å²) < 4.78 is 14.4. The minimum Gasteiger partial charge on any atom is -0.387 e. The maximum Gasteiger partial charge on any atom is 0.408 e. The maximum absolute atomic E-state index is 7.23. The van der Waals surface area contributed by atoms with Crippen LogP contribution < -0.4 is 10.4 Å². The van der Waals surface area contributed by atoms with E-state index in [1.165, 1.54) is 0 Å². The number of fused-ring (bicyclic) bond motifs is 1. The minimum absolute atomic E-state index is 0.0793. The Balaban J connectivity index is 1.55. The minimum atomic E-state index is -3.13. The van der Waals surface area contributed by atoms with Gasteiger partial charge in [-0.1, -0.05) is 126 Å². The molecule has 2 aliphatic rings. The van der Waals surface area contributed by atoms with Gasteiger partial charge in [0.1, 0.15) is 6.10 Å². The molecule has 0 N–H and O–H groups in total. The second kappa shape index (κ2) is 9.27. The molecule has 2 heterocycles. The van der Waals surface area contributed by atoms with E-state index in [-0.39, 0.29) is 24.2 Å². The molecule has 0 aliphatic carbocycles. The molecule has 4 atom stereocenters. The van der Waals surface area contributed by atoms with Crippen LogP contribution >= 0.6 is 0 Å². The average molecular weight is 478 g/mol. The van der Waals surface area contributed by atoms with Crippen molar-refractivity contribution < 1.29 is 13.7 Å². The van der Waals surface area contributed by atoms with Gasteiger partial charge in [0.2, 0.25) is 0 Å². The molecule has 6 rings (SSSR count). The van der Waals surface area contributed by atoms with Crippen molar-refractivity contribution in [1.82, 2.24) is 0 Å². The summed E-state index contributed by atoms with van der Waals surface area (Å²) in [5.74, 6) is -0.0793. The molecule has 0 radical (unpaired) electrons. The Morgan fingerprint density at radius 1 is 0.600 bits per heavy atom. The normalized spacial score (nSPS) is 25.1. The Morgan fingerprint density at radius 3 is 1.63 bits per heavy atom. The largest absolute Gasteiger partial charge is 0.408 e. The van der Waals surface area contributed by atoms with Gasteiger partial charge >= 0.3 is 8.56 Å². The van der Waals surface area contributed by atoms with Crippen molar-refractivity contribution in [2.45, 2.75) is 25.2 Å². The van der Waals surface area contributed by atoms with E-state index in [4.69, 9.17) is 13.7 Å². The zero-order valence-corrected chi connectivity index (χ0v) is 20.5. The molecular weight excluding hydrogens is 450 g/mol. The van der Waals surface area contributed by atoms with Gasteiger partial charge in [0.05, 0.1) is 17.7 Å². The smallest absolute Gasteiger partial charge is 0.387 e. The third kappa shape index (κ3) is 3.92. The molecular formula is C30H27NO3Si. The van der Waals surface area contributed by atoms with Gasteiger partial charge in [0.15, 0.2) is 6.10 Å². The van der Waals surface area contributed by atoms with Crippen LogP contribution in [0, 0.1) is 5.92 Å². The molecule has 5 heteroatoms. The Labute approximate surface area is 207 Å². The van der Waals surface area contributed by atoms with Crippen molar-refractivity contribution in [2.75, 3.05) is 0 Å². The SMILES string of the molecule is C[C@H]1O[Si](c2ccccc2)(c2ccccc2)OC(c2ccccc2)C2=NO[C@H](c3ccccc3)[C@H]21. The van der Waals surface area contributed by atoms with Crippen LogP contribution in [0.15, 0.2) is 126 Å². The highest BCUT2D eigenvalue weighted by Gasteiger charge is 2.55. The van der Waals surface area contributed by atoms with Crippen LogP contribution in [-0.4, -0.2) is 20.4 Å². The quantitative estimate of drug-likeness (QED) is 0.381. The van der Waals surface area contributed by atoms with Crippen molar-refractivity contribution >= 4 is 24.6 Å². The van der Waals surface area contributed by atoms with Gasteiger partial charge in [-0.05, 0) is 28.4 Å². The molecule has 0 bridgehead atoms. The molecule has 1 unspecified atom stereocenters. The highest BCUT2D eigenvalue weighted by Crippen LogP contribution is 2.44. The highest BCUT2D eigenvalue weighted by molar-refractivity contribution is 6.92. The molecule has 4 aromatic rings. The van der Waals surface area contributed by atoms with Crippen LogP contribution in [0.25, 0.3) is 0 Å². The van der Waals surface area contributed by atoms with E-state index >= 15 is 0 Å². The van der Waals surface area contributed by atoms with Crippen molar-refractivity contribution in [2.24, 2.45) is 11.1 Å². The summed E-state index contributed by atoms with van der Waals surface area (Å²) in [7, 11) is -3.13. The highest BCUT2D eigenvalue weighted by atomic mass is 28.4. The van der Waals surface area contributed by atoms with Crippen LogP contribution in [0.4, 0.5) is 0 Å². The van der Waals surface area contributed by atoms with E-state index in [0.717, 1.165) is 27.2 Å². The first-order valence-corrected chi connectivity index (χ1v) is 13.9. The molecule has 4 nitrogen and oxygen atoms in total. The van der Waals surface area contributed by atoms with Crippen LogP contribution in [-0.2, 0) is 13.7 Å². The van der Waals surface area contributed by atoms with E-state index in [9.17, 15) is 0 Å². The summed E-state index contributed by atoms with van der Waals surface area (Å²) in [4.78, 5) is 6.09. The van der Waals surface area contributed by atoms with E-state index in [1.54, 1.807) is 0 Å². The van der Waals surface area contributed by atoms with Crippen LogP contribution in [0.1, 0.15) is 30.3 Å². The van der Waals surface area contributed by atoms with E-state index in [0.29, 0.717) is 0 Å². The standard InChI is InChI=1S/C30H27NO3Si/c1-22-27-28(31-32-29(27)23-14-6-2-7-15-23)30(24-16-8-3-9-17-24)34-35(33-22,25-18-10-4-11-19-25)26-20-12-5-13-21-26/h2-22,27,29-30H,1H3/t22-,27+,29-,30?/m1/s1. The fourth-order valence-electron chi connectivity index (χ4n) is 5.23. The molecule has 2 aliphatic heterocycles. The Bertz CT molecular complexity index is 1260. The first-order chi connectivity index (χ1) is 17.3. The van der Waals surface area contributed by atoms with Crippen LogP contribution in [0.2, 0.25) is 0 Å². The number of rotatable bonds is 4. The van der Waals surface area contributed by atoms with Crippen LogP contribution in [0.3, 0.4) is 0 Å². The second-order valence-corrected chi connectivity index (χ2v) is 11.9. The lowest BCUT2D eigenvalue weighted by Gasteiger charge is -2.34. The molecule has 35 heavy (non-hydrogen) atoms. The summed E-state index contributed by atoms with van der Waals surface area (Å²) in [6, 6.07) is 41.4. The zero-order valence-electron chi connectivity index (χ0n) is 19.5. The fraction of sp³-hybridized carbons (Fsp3) is 0.167. The molecule has 1 fully saturated rings. The van der Waals surface area contributed by atoms with Crippen molar-refractivity contribution in [1.29, 1.82) is 0 Å². The van der Waals surface area contributed by atoms with Gasteiger partial charge in [-0.25, -0.2) is 0 Å². The summed E-state index contributed by atoms with van der Waals surface area (Å²) in [5.41, 5.74) is 3.03. The summed E-state index contributed by atoms with van der Waals surface area (Å²) >= 11 is 0. The van der Waals surface area contributed by atoms with E-state index < -0.39 is 8.56 Å².